The molecule has 0 radical (unpaired) electrons. The van der Waals surface area contributed by atoms with Gasteiger partial charge in [0.15, 0.2) is 9.84 Å². The van der Waals surface area contributed by atoms with Crippen LogP contribution in [-0.4, -0.2) is 36.9 Å². The minimum atomic E-state index is -3.07. The number of oxazole rings is 1. The fourth-order valence-electron chi connectivity index (χ4n) is 2.70. The summed E-state index contributed by atoms with van der Waals surface area (Å²) < 4.78 is 28.9. The van der Waals surface area contributed by atoms with Gasteiger partial charge in [-0.3, -0.25) is 4.79 Å². The Balaban J connectivity index is 1.77. The highest BCUT2D eigenvalue weighted by Crippen LogP contribution is 2.22. The molecule has 1 aromatic carbocycles. The molecule has 2 heterocycles. The highest BCUT2D eigenvalue weighted by molar-refractivity contribution is 7.91. The number of aromatic nitrogens is 1. The van der Waals surface area contributed by atoms with E-state index in [-0.39, 0.29) is 23.3 Å². The van der Waals surface area contributed by atoms with Crippen molar-refractivity contribution in [1.82, 2.24) is 10.3 Å². The first-order chi connectivity index (χ1) is 10.9. The molecule has 1 saturated heterocycles. The predicted molar refractivity (Wildman–Crippen MR) is 85.8 cm³/mol. The molecule has 6 nitrogen and oxygen atoms in total. The second-order valence-electron chi connectivity index (χ2n) is 5.73. The van der Waals surface area contributed by atoms with Crippen molar-refractivity contribution in [2.75, 3.05) is 11.5 Å². The van der Waals surface area contributed by atoms with Crippen molar-refractivity contribution in [1.29, 1.82) is 0 Å². The van der Waals surface area contributed by atoms with Crippen LogP contribution in [0.4, 0.5) is 0 Å². The molecule has 2 aromatic rings. The van der Waals surface area contributed by atoms with Gasteiger partial charge in [0.2, 0.25) is 11.7 Å². The Morgan fingerprint density at radius 3 is 2.74 bits per heavy atom. The molecule has 0 bridgehead atoms. The molecule has 23 heavy (non-hydrogen) atoms. The van der Waals surface area contributed by atoms with Gasteiger partial charge in [-0.05, 0) is 31.9 Å². The zero-order chi connectivity index (χ0) is 16.4. The molecule has 1 N–H and O–H groups in total. The van der Waals surface area contributed by atoms with E-state index in [1.165, 1.54) is 0 Å². The normalized spacial score (nSPS) is 20.1. The zero-order valence-electron chi connectivity index (χ0n) is 12.8. The largest absolute Gasteiger partial charge is 0.431 e. The number of amides is 1. The number of aryl methyl sites for hydroxylation is 1. The molecule has 0 spiro atoms. The van der Waals surface area contributed by atoms with Crippen LogP contribution in [0.15, 0.2) is 34.7 Å². The van der Waals surface area contributed by atoms with Crippen LogP contribution in [-0.2, 0) is 9.84 Å². The molecule has 1 unspecified atom stereocenters. The van der Waals surface area contributed by atoms with E-state index in [1.807, 2.05) is 30.3 Å². The number of nitrogens with one attached hydrogen (secondary N) is 1. The van der Waals surface area contributed by atoms with Crippen LogP contribution in [0.1, 0.15) is 29.1 Å². The third kappa shape index (κ3) is 3.61. The number of hydrogen-bond acceptors (Lipinski definition) is 5. The Morgan fingerprint density at radius 2 is 2.04 bits per heavy atom. The highest BCUT2D eigenvalue weighted by Gasteiger charge is 2.28. The van der Waals surface area contributed by atoms with Gasteiger partial charge >= 0.3 is 0 Å². The van der Waals surface area contributed by atoms with E-state index in [0.29, 0.717) is 24.4 Å². The fraction of sp³-hybridized carbons (Fsp3) is 0.375. The lowest BCUT2D eigenvalue weighted by Crippen LogP contribution is -2.43. The molecule has 122 valence electrons. The standard InChI is InChI=1S/C16H18N2O4S/c1-11-14(22-16(17-11)12-6-3-2-4-7-12)15(19)18-13-8-5-9-23(20,21)10-13/h2-4,6-7,13H,5,8-10H2,1H3,(H,18,19). The second-order valence-corrected chi connectivity index (χ2v) is 7.96. The Morgan fingerprint density at radius 1 is 1.30 bits per heavy atom. The molecule has 1 aromatic heterocycles. The van der Waals surface area contributed by atoms with Crippen molar-refractivity contribution < 1.29 is 17.6 Å². The van der Waals surface area contributed by atoms with Gasteiger partial charge in [-0.25, -0.2) is 13.4 Å². The summed E-state index contributed by atoms with van der Waals surface area (Å²) in [6.45, 7) is 1.70. The predicted octanol–water partition coefficient (Wildman–Crippen LogP) is 1.96. The average molecular weight is 334 g/mol. The summed E-state index contributed by atoms with van der Waals surface area (Å²) in [5.41, 5.74) is 1.27. The van der Waals surface area contributed by atoms with Crippen LogP contribution >= 0.6 is 0 Å². The first kappa shape index (κ1) is 15.7. The molecule has 0 aliphatic carbocycles. The van der Waals surface area contributed by atoms with Crippen molar-refractivity contribution in [2.45, 2.75) is 25.8 Å². The van der Waals surface area contributed by atoms with E-state index < -0.39 is 15.7 Å². The van der Waals surface area contributed by atoms with Gasteiger partial charge in [-0.15, -0.1) is 0 Å². The number of sulfone groups is 1. The first-order valence-corrected chi connectivity index (χ1v) is 9.31. The summed E-state index contributed by atoms with van der Waals surface area (Å²) in [5.74, 6) is 0.270. The lowest BCUT2D eigenvalue weighted by molar-refractivity contribution is 0.0910. The lowest BCUT2D eigenvalue weighted by Gasteiger charge is -2.22. The maximum Gasteiger partial charge on any atom is 0.289 e. The van der Waals surface area contributed by atoms with Crippen LogP contribution in [0, 0.1) is 6.92 Å². The van der Waals surface area contributed by atoms with Gasteiger partial charge in [0.1, 0.15) is 0 Å². The van der Waals surface area contributed by atoms with Crippen molar-refractivity contribution in [3.8, 4) is 11.5 Å². The van der Waals surface area contributed by atoms with Crippen LogP contribution < -0.4 is 5.32 Å². The van der Waals surface area contributed by atoms with Gasteiger partial charge in [0, 0.05) is 11.6 Å². The summed E-state index contributed by atoms with van der Waals surface area (Å²) >= 11 is 0. The molecule has 7 heteroatoms. The van der Waals surface area contributed by atoms with E-state index in [0.717, 1.165) is 5.56 Å². The van der Waals surface area contributed by atoms with E-state index in [1.54, 1.807) is 6.92 Å². The minimum Gasteiger partial charge on any atom is -0.431 e. The molecule has 1 fully saturated rings. The van der Waals surface area contributed by atoms with Crippen LogP contribution in [0.2, 0.25) is 0 Å². The van der Waals surface area contributed by atoms with Crippen molar-refractivity contribution in [3.63, 3.8) is 0 Å². The summed E-state index contributed by atoms with van der Waals surface area (Å²) in [5, 5.41) is 2.74. The Labute approximate surface area is 134 Å². The van der Waals surface area contributed by atoms with Gasteiger partial charge in [-0.2, -0.15) is 0 Å². The Kier molecular flexibility index (Phi) is 4.21. The molecule has 0 saturated carbocycles. The zero-order valence-corrected chi connectivity index (χ0v) is 13.6. The van der Waals surface area contributed by atoms with Crippen LogP contribution in [0.5, 0.6) is 0 Å². The molecule has 1 aliphatic heterocycles. The van der Waals surface area contributed by atoms with Crippen molar-refractivity contribution >= 4 is 15.7 Å². The maximum atomic E-state index is 12.3. The Hall–Kier alpha value is -2.15. The number of nitrogens with zero attached hydrogens (tertiary/aromatic N) is 1. The van der Waals surface area contributed by atoms with Gasteiger partial charge < -0.3 is 9.73 Å². The van der Waals surface area contributed by atoms with Gasteiger partial charge in [0.05, 0.1) is 17.2 Å². The highest BCUT2D eigenvalue weighted by atomic mass is 32.2. The second kappa shape index (κ2) is 6.16. The summed E-state index contributed by atoms with van der Waals surface area (Å²) in [4.78, 5) is 16.6. The summed E-state index contributed by atoms with van der Waals surface area (Å²) in [6.07, 6.45) is 1.22. The lowest BCUT2D eigenvalue weighted by atomic mass is 10.2. The molecule has 1 aliphatic rings. The monoisotopic (exact) mass is 334 g/mol. The van der Waals surface area contributed by atoms with E-state index >= 15 is 0 Å². The van der Waals surface area contributed by atoms with E-state index in [2.05, 4.69) is 10.3 Å². The summed E-state index contributed by atoms with van der Waals surface area (Å²) in [7, 11) is -3.07. The molecule has 1 amide bonds. The van der Waals surface area contributed by atoms with Crippen molar-refractivity contribution in [3.05, 3.63) is 41.8 Å². The van der Waals surface area contributed by atoms with Crippen LogP contribution in [0.25, 0.3) is 11.5 Å². The third-order valence-electron chi connectivity index (χ3n) is 3.82. The molecule has 3 rings (SSSR count). The Bertz CT molecular complexity index is 812. The van der Waals surface area contributed by atoms with E-state index in [4.69, 9.17) is 4.42 Å². The number of carbonyl (C=O) groups is 1. The average Bonchev–Trinajstić information content (AvgIpc) is 2.89. The fourth-order valence-corrected chi connectivity index (χ4v) is 4.34. The molecule has 1 atom stereocenters. The minimum absolute atomic E-state index is 0.0164. The summed E-state index contributed by atoms with van der Waals surface area (Å²) in [6, 6.07) is 8.94. The third-order valence-corrected chi connectivity index (χ3v) is 5.64. The SMILES string of the molecule is Cc1nc(-c2ccccc2)oc1C(=O)NC1CCCS(=O)(=O)C1. The van der Waals surface area contributed by atoms with Crippen molar-refractivity contribution in [2.24, 2.45) is 0 Å². The molecular weight excluding hydrogens is 316 g/mol. The number of carbonyl (C=O) groups excluding carboxylic acids is 1. The van der Waals surface area contributed by atoms with Gasteiger partial charge in [-0.1, -0.05) is 18.2 Å². The van der Waals surface area contributed by atoms with Gasteiger partial charge in [0.25, 0.3) is 5.91 Å². The number of benzene rings is 1. The molecular formula is C16H18N2O4S. The topological polar surface area (TPSA) is 89.3 Å². The number of hydrogen-bond donors (Lipinski definition) is 1. The quantitative estimate of drug-likeness (QED) is 0.927. The van der Waals surface area contributed by atoms with Crippen LogP contribution in [0.3, 0.4) is 0 Å². The maximum absolute atomic E-state index is 12.3. The smallest absolute Gasteiger partial charge is 0.289 e. The number of rotatable bonds is 3. The first-order valence-electron chi connectivity index (χ1n) is 7.49. The van der Waals surface area contributed by atoms with E-state index in [9.17, 15) is 13.2 Å².